The van der Waals surface area contributed by atoms with Crippen LogP contribution in [0.25, 0.3) is 0 Å². The predicted molar refractivity (Wildman–Crippen MR) is 108 cm³/mol. The lowest BCUT2D eigenvalue weighted by Gasteiger charge is -2.27. The summed E-state index contributed by atoms with van der Waals surface area (Å²) in [4.78, 5) is 41.9. The van der Waals surface area contributed by atoms with E-state index in [1.54, 1.807) is 7.05 Å². The van der Waals surface area contributed by atoms with Crippen molar-refractivity contribution in [3.8, 4) is 5.75 Å². The van der Waals surface area contributed by atoms with Crippen molar-refractivity contribution >= 4 is 34.1 Å². The maximum absolute atomic E-state index is 12.9. The molecule has 0 unspecified atom stereocenters. The summed E-state index contributed by atoms with van der Waals surface area (Å²) in [6, 6.07) is 5.96. The first-order valence-electron chi connectivity index (χ1n) is 9.72. The number of hydrogen-bond acceptors (Lipinski definition) is 5. The van der Waals surface area contributed by atoms with Gasteiger partial charge >= 0.3 is 0 Å². The number of carbonyl (C=O) groups excluding carboxylic acids is 3. The highest BCUT2D eigenvalue weighted by Crippen LogP contribution is 2.39. The van der Waals surface area contributed by atoms with Crippen LogP contribution < -0.4 is 10.1 Å². The van der Waals surface area contributed by atoms with E-state index in [4.69, 9.17) is 4.74 Å². The van der Waals surface area contributed by atoms with Crippen LogP contribution >= 0.6 is 11.3 Å². The Morgan fingerprint density at radius 1 is 1.24 bits per heavy atom. The molecule has 8 heteroatoms. The number of amides is 3. The molecule has 150 valence electrons. The van der Waals surface area contributed by atoms with Crippen LogP contribution in [0.4, 0.5) is 5.00 Å². The fourth-order valence-corrected chi connectivity index (χ4v) is 5.48. The fourth-order valence-electron chi connectivity index (χ4n) is 4.21. The van der Waals surface area contributed by atoms with Gasteiger partial charge in [0.1, 0.15) is 10.8 Å². The molecule has 4 heterocycles. The van der Waals surface area contributed by atoms with E-state index in [0.717, 1.165) is 33.7 Å². The minimum atomic E-state index is -0.188. The zero-order chi connectivity index (χ0) is 20.1. The monoisotopic (exact) mass is 411 g/mol. The first kappa shape index (κ1) is 18.2. The maximum atomic E-state index is 12.9. The normalized spacial score (nSPS) is 17.8. The second-order valence-electron chi connectivity index (χ2n) is 7.70. The minimum absolute atomic E-state index is 0.0609. The Kier molecular flexibility index (Phi) is 4.31. The van der Waals surface area contributed by atoms with Crippen LogP contribution in [0.1, 0.15) is 31.9 Å². The summed E-state index contributed by atoms with van der Waals surface area (Å²) in [5, 5.41) is 3.46. The van der Waals surface area contributed by atoms with Crippen molar-refractivity contribution in [3.63, 3.8) is 0 Å². The van der Waals surface area contributed by atoms with Crippen molar-refractivity contribution in [2.75, 3.05) is 32.1 Å². The van der Waals surface area contributed by atoms with Gasteiger partial charge in [-0.25, -0.2) is 0 Å². The Bertz CT molecular complexity index is 1040. The van der Waals surface area contributed by atoms with E-state index in [1.807, 2.05) is 17.0 Å². The molecule has 3 amide bonds. The fraction of sp³-hybridized carbons (Fsp3) is 0.381. The van der Waals surface area contributed by atoms with E-state index < -0.39 is 0 Å². The number of ether oxygens (including phenoxy) is 1. The molecule has 2 aromatic rings. The van der Waals surface area contributed by atoms with E-state index in [-0.39, 0.29) is 24.3 Å². The van der Waals surface area contributed by atoms with Crippen LogP contribution in [0.2, 0.25) is 0 Å². The molecule has 3 aliphatic heterocycles. The molecule has 0 saturated carbocycles. The standard InChI is InChI=1S/C21H21N3O4S/c1-23-11-17(25)22-20-19(21(23)27)14-4-6-24(10-16(14)29-20)18(26)9-12-2-3-15-13(8-12)5-7-28-15/h2-3,8H,4-7,9-11H2,1H3,(H,22,25). The molecule has 0 bridgehead atoms. The average Bonchev–Trinajstić information content (AvgIpc) is 3.27. The molecule has 0 spiro atoms. The van der Waals surface area contributed by atoms with Gasteiger partial charge in [-0.3, -0.25) is 14.4 Å². The summed E-state index contributed by atoms with van der Waals surface area (Å²) >= 11 is 1.41. The molecule has 5 rings (SSSR count). The van der Waals surface area contributed by atoms with Gasteiger partial charge in [-0.2, -0.15) is 0 Å². The Hall–Kier alpha value is -2.87. The number of carbonyl (C=O) groups is 3. The van der Waals surface area contributed by atoms with Crippen molar-refractivity contribution in [3.05, 3.63) is 45.3 Å². The quantitative estimate of drug-likeness (QED) is 0.818. The second kappa shape index (κ2) is 6.88. The lowest BCUT2D eigenvalue weighted by atomic mass is 10.0. The summed E-state index contributed by atoms with van der Waals surface area (Å²) in [5.74, 6) is 0.675. The number of benzene rings is 1. The number of nitrogens with zero attached hydrogens (tertiary/aromatic N) is 2. The summed E-state index contributed by atoms with van der Waals surface area (Å²) in [7, 11) is 1.64. The third-order valence-corrected chi connectivity index (χ3v) is 6.85. The SMILES string of the molecule is CN1CC(=O)Nc2sc3c(c2C1=O)CCN(C(=O)Cc1ccc2c(c1)CCO2)C3. The number of hydrogen-bond donors (Lipinski definition) is 1. The lowest BCUT2D eigenvalue weighted by Crippen LogP contribution is -2.37. The van der Waals surface area contributed by atoms with Gasteiger partial charge in [-0.1, -0.05) is 12.1 Å². The first-order chi connectivity index (χ1) is 14.0. The van der Waals surface area contributed by atoms with Gasteiger partial charge in [0.05, 0.1) is 31.7 Å². The van der Waals surface area contributed by atoms with Crippen LogP contribution in [0.15, 0.2) is 18.2 Å². The molecule has 0 fully saturated rings. The van der Waals surface area contributed by atoms with Gasteiger partial charge in [0.2, 0.25) is 11.8 Å². The van der Waals surface area contributed by atoms with Gasteiger partial charge in [0, 0.05) is 24.9 Å². The number of likely N-dealkylation sites (N-methyl/N-ethyl adjacent to an activating group) is 1. The summed E-state index contributed by atoms with van der Waals surface area (Å²) in [6.07, 6.45) is 1.87. The molecule has 7 nitrogen and oxygen atoms in total. The first-order valence-corrected chi connectivity index (χ1v) is 10.5. The van der Waals surface area contributed by atoms with Crippen LogP contribution in [0, 0.1) is 0 Å². The zero-order valence-electron chi connectivity index (χ0n) is 16.1. The van der Waals surface area contributed by atoms with E-state index in [1.165, 1.54) is 16.2 Å². The zero-order valence-corrected chi connectivity index (χ0v) is 16.9. The molecule has 29 heavy (non-hydrogen) atoms. The van der Waals surface area contributed by atoms with Gasteiger partial charge in [-0.15, -0.1) is 11.3 Å². The summed E-state index contributed by atoms with van der Waals surface area (Å²) in [5.41, 5.74) is 3.74. The van der Waals surface area contributed by atoms with E-state index in [9.17, 15) is 14.4 Å². The van der Waals surface area contributed by atoms with Gasteiger partial charge in [0.25, 0.3) is 5.91 Å². The number of rotatable bonds is 2. The molecule has 1 N–H and O–H groups in total. The van der Waals surface area contributed by atoms with Crippen LogP contribution in [0.3, 0.4) is 0 Å². The van der Waals surface area contributed by atoms with Crippen molar-refractivity contribution in [2.24, 2.45) is 0 Å². The van der Waals surface area contributed by atoms with Crippen LogP contribution in [-0.2, 0) is 35.4 Å². The molecular formula is C21H21N3O4S. The molecular weight excluding hydrogens is 390 g/mol. The molecule has 3 aliphatic rings. The second-order valence-corrected chi connectivity index (χ2v) is 8.81. The van der Waals surface area contributed by atoms with Crippen molar-refractivity contribution in [2.45, 2.75) is 25.8 Å². The van der Waals surface area contributed by atoms with Crippen LogP contribution in [-0.4, -0.2) is 54.3 Å². The van der Waals surface area contributed by atoms with Gasteiger partial charge in [0.15, 0.2) is 0 Å². The highest BCUT2D eigenvalue weighted by molar-refractivity contribution is 7.17. The molecule has 0 aliphatic carbocycles. The van der Waals surface area contributed by atoms with E-state index >= 15 is 0 Å². The third kappa shape index (κ3) is 3.17. The van der Waals surface area contributed by atoms with Crippen molar-refractivity contribution in [1.82, 2.24) is 9.80 Å². The number of thiophene rings is 1. The highest BCUT2D eigenvalue weighted by Gasteiger charge is 2.33. The Labute approximate surface area is 172 Å². The van der Waals surface area contributed by atoms with E-state index in [0.29, 0.717) is 43.1 Å². The van der Waals surface area contributed by atoms with E-state index in [2.05, 4.69) is 11.4 Å². The lowest BCUT2D eigenvalue weighted by molar-refractivity contribution is -0.131. The number of fused-ring (bicyclic) bond motifs is 4. The largest absolute Gasteiger partial charge is 0.493 e. The smallest absolute Gasteiger partial charge is 0.257 e. The summed E-state index contributed by atoms with van der Waals surface area (Å²) in [6.45, 7) is 1.82. The molecule has 1 aromatic carbocycles. The highest BCUT2D eigenvalue weighted by atomic mass is 32.1. The molecule has 1 aromatic heterocycles. The average molecular weight is 411 g/mol. The molecule has 0 radical (unpaired) electrons. The van der Waals surface area contributed by atoms with Crippen molar-refractivity contribution < 1.29 is 19.1 Å². The molecule has 0 atom stereocenters. The Morgan fingerprint density at radius 2 is 2.10 bits per heavy atom. The van der Waals surface area contributed by atoms with Crippen molar-refractivity contribution in [1.29, 1.82) is 0 Å². The topological polar surface area (TPSA) is 79.0 Å². The Balaban J connectivity index is 1.35. The maximum Gasteiger partial charge on any atom is 0.257 e. The van der Waals surface area contributed by atoms with Gasteiger partial charge in [-0.05, 0) is 29.2 Å². The number of anilines is 1. The third-order valence-electron chi connectivity index (χ3n) is 5.71. The Morgan fingerprint density at radius 3 is 2.97 bits per heavy atom. The van der Waals surface area contributed by atoms with Crippen LogP contribution in [0.5, 0.6) is 5.75 Å². The molecule has 0 saturated heterocycles. The summed E-state index contributed by atoms with van der Waals surface area (Å²) < 4.78 is 5.53. The predicted octanol–water partition coefficient (Wildman–Crippen LogP) is 1.83. The minimum Gasteiger partial charge on any atom is -0.493 e. The van der Waals surface area contributed by atoms with Gasteiger partial charge < -0.3 is 19.9 Å². The number of nitrogens with one attached hydrogen (secondary N) is 1.